The van der Waals surface area contributed by atoms with Crippen molar-refractivity contribution in [2.24, 2.45) is 5.73 Å². The molecule has 1 fully saturated rings. The number of rotatable bonds is 3. The maximum Gasteiger partial charge on any atom is 0.470 e. The summed E-state index contributed by atoms with van der Waals surface area (Å²) in [5.74, 6) is 0. The van der Waals surface area contributed by atoms with E-state index in [1.165, 1.54) is 0 Å². The van der Waals surface area contributed by atoms with Crippen LogP contribution >= 0.6 is 0 Å². The van der Waals surface area contributed by atoms with Crippen LogP contribution in [-0.2, 0) is 14.8 Å². The first-order valence-electron chi connectivity index (χ1n) is 4.80. The lowest BCUT2D eigenvalue weighted by Gasteiger charge is -2.34. The Balaban J connectivity index is 3.00. The molecule has 0 bridgehead atoms. The Labute approximate surface area is 99.7 Å². The minimum atomic E-state index is -6.16. The first kappa shape index (κ1) is 15.5. The van der Waals surface area contributed by atoms with Gasteiger partial charge in [0.15, 0.2) is 0 Å². The van der Waals surface area contributed by atoms with Gasteiger partial charge in [-0.05, 0) is 0 Å². The van der Waals surface area contributed by atoms with Gasteiger partial charge in [-0.1, -0.05) is 0 Å². The van der Waals surface area contributed by atoms with Crippen molar-refractivity contribution >= 4 is 10.0 Å². The second-order valence-corrected chi connectivity index (χ2v) is 5.59. The van der Waals surface area contributed by atoms with Gasteiger partial charge in [0.2, 0.25) is 0 Å². The molecule has 0 aromatic heterocycles. The van der Waals surface area contributed by atoms with Gasteiger partial charge in [0.25, 0.3) is 10.0 Å². The summed E-state index contributed by atoms with van der Waals surface area (Å²) in [6, 6.07) is 0. The predicted octanol–water partition coefficient (Wildman–Crippen LogP) is 0.131. The van der Waals surface area contributed by atoms with Gasteiger partial charge >= 0.3 is 11.4 Å². The highest BCUT2D eigenvalue weighted by molar-refractivity contribution is 7.90. The molecule has 11 heteroatoms. The smallest absolute Gasteiger partial charge is 0.374 e. The number of morpholine rings is 1. The van der Waals surface area contributed by atoms with E-state index in [2.05, 4.69) is 0 Å². The van der Waals surface area contributed by atoms with Gasteiger partial charge in [-0.2, -0.15) is 26.3 Å². The van der Waals surface area contributed by atoms with Gasteiger partial charge in [0.05, 0.1) is 12.7 Å². The summed E-state index contributed by atoms with van der Waals surface area (Å²) < 4.78 is 89.4. The molecule has 2 N–H and O–H groups in total. The molecule has 0 aromatic carbocycles. The van der Waals surface area contributed by atoms with E-state index in [4.69, 9.17) is 10.5 Å². The molecule has 0 aromatic rings. The fourth-order valence-corrected chi connectivity index (χ4v) is 2.66. The third kappa shape index (κ3) is 2.58. The van der Waals surface area contributed by atoms with Gasteiger partial charge < -0.3 is 10.5 Å². The molecule has 1 rings (SSSR count). The highest BCUT2D eigenvalue weighted by Crippen LogP contribution is 2.41. The first-order valence-corrected chi connectivity index (χ1v) is 6.24. The van der Waals surface area contributed by atoms with Crippen molar-refractivity contribution in [2.75, 3.05) is 26.2 Å². The van der Waals surface area contributed by atoms with Crippen molar-refractivity contribution in [3.05, 3.63) is 0 Å². The molecular formula is C7H11F5N2O3S. The van der Waals surface area contributed by atoms with Crippen LogP contribution in [0.15, 0.2) is 0 Å². The number of nitrogens with two attached hydrogens (primary N) is 1. The van der Waals surface area contributed by atoms with Crippen LogP contribution in [0.25, 0.3) is 0 Å². The molecule has 5 nitrogen and oxygen atoms in total. The van der Waals surface area contributed by atoms with Gasteiger partial charge in [-0.25, -0.2) is 8.42 Å². The number of sulfonamides is 1. The summed E-state index contributed by atoms with van der Waals surface area (Å²) in [4.78, 5) is 0. The molecule has 1 aliphatic heterocycles. The topological polar surface area (TPSA) is 72.6 Å². The summed E-state index contributed by atoms with van der Waals surface area (Å²) >= 11 is 0. The van der Waals surface area contributed by atoms with Gasteiger partial charge in [-0.3, -0.25) is 0 Å². The molecule has 108 valence electrons. The first-order chi connectivity index (χ1) is 8.04. The van der Waals surface area contributed by atoms with E-state index in [1.807, 2.05) is 0 Å². The molecule has 18 heavy (non-hydrogen) atoms. The third-order valence-electron chi connectivity index (χ3n) is 2.36. The third-order valence-corrected chi connectivity index (χ3v) is 4.25. The molecule has 0 spiro atoms. The minimum Gasteiger partial charge on any atom is -0.374 e. The summed E-state index contributed by atoms with van der Waals surface area (Å²) in [7, 11) is -5.82. The normalized spacial score (nSPS) is 24.2. The van der Waals surface area contributed by atoms with E-state index < -0.39 is 40.6 Å². The van der Waals surface area contributed by atoms with Crippen LogP contribution in [0.4, 0.5) is 22.0 Å². The van der Waals surface area contributed by atoms with Gasteiger partial charge in [-0.15, -0.1) is 0 Å². The second kappa shape index (κ2) is 4.87. The van der Waals surface area contributed by atoms with Crippen molar-refractivity contribution in [1.82, 2.24) is 4.31 Å². The summed E-state index contributed by atoms with van der Waals surface area (Å²) in [6.07, 6.45) is -7.06. The lowest BCUT2D eigenvalue weighted by atomic mass is 10.3. The van der Waals surface area contributed by atoms with E-state index in [1.54, 1.807) is 0 Å². The molecule has 0 amide bonds. The van der Waals surface area contributed by atoms with Crippen LogP contribution in [0.3, 0.4) is 0 Å². The van der Waals surface area contributed by atoms with Gasteiger partial charge in [0.1, 0.15) is 0 Å². The van der Waals surface area contributed by atoms with E-state index in [9.17, 15) is 30.4 Å². The van der Waals surface area contributed by atoms with Crippen LogP contribution in [0.2, 0.25) is 0 Å². The predicted molar refractivity (Wildman–Crippen MR) is 50.3 cm³/mol. The highest BCUT2D eigenvalue weighted by Gasteiger charge is 2.69. The molecular weight excluding hydrogens is 287 g/mol. The Morgan fingerprint density at radius 2 is 1.83 bits per heavy atom. The van der Waals surface area contributed by atoms with Crippen molar-refractivity contribution in [3.63, 3.8) is 0 Å². The number of halogens is 5. The van der Waals surface area contributed by atoms with Crippen molar-refractivity contribution in [1.29, 1.82) is 0 Å². The zero-order valence-corrected chi connectivity index (χ0v) is 9.77. The summed E-state index contributed by atoms with van der Waals surface area (Å²) in [5, 5.41) is -5.82. The second-order valence-electron chi connectivity index (χ2n) is 3.61. The monoisotopic (exact) mass is 298 g/mol. The minimum absolute atomic E-state index is 0.0571. The number of hydrogen-bond donors (Lipinski definition) is 1. The SMILES string of the molecule is NCC1CN(S(=O)(=O)C(F)(F)C(F)(F)F)CCO1. The fraction of sp³-hybridized carbons (Fsp3) is 1.00. The van der Waals surface area contributed by atoms with E-state index in [0.717, 1.165) is 0 Å². The molecule has 0 aliphatic carbocycles. The number of ether oxygens (including phenoxy) is 1. The molecule has 1 aliphatic rings. The summed E-state index contributed by atoms with van der Waals surface area (Å²) in [5.41, 5.74) is 5.15. The average Bonchev–Trinajstić information content (AvgIpc) is 2.27. The summed E-state index contributed by atoms with van der Waals surface area (Å²) in [6.45, 7) is -1.65. The largest absolute Gasteiger partial charge is 0.470 e. The molecule has 1 saturated heterocycles. The van der Waals surface area contributed by atoms with Crippen LogP contribution in [0, 0.1) is 0 Å². The van der Waals surface area contributed by atoms with Gasteiger partial charge in [0, 0.05) is 19.6 Å². The van der Waals surface area contributed by atoms with Crippen LogP contribution in [-0.4, -0.2) is 56.5 Å². The van der Waals surface area contributed by atoms with Crippen molar-refractivity contribution in [2.45, 2.75) is 17.5 Å². The fourth-order valence-electron chi connectivity index (χ4n) is 1.36. The molecule has 0 radical (unpaired) electrons. The van der Waals surface area contributed by atoms with Crippen molar-refractivity contribution in [3.8, 4) is 0 Å². The number of alkyl halides is 5. The zero-order valence-electron chi connectivity index (χ0n) is 8.95. The number of hydrogen-bond acceptors (Lipinski definition) is 4. The standard InChI is InChI=1S/C7H11F5N2O3S/c8-6(9,10)7(11,12)18(15,16)14-1-2-17-5(3-13)4-14/h5H,1-4,13H2. The van der Waals surface area contributed by atoms with Crippen LogP contribution in [0.5, 0.6) is 0 Å². The Morgan fingerprint density at radius 3 is 2.28 bits per heavy atom. The molecule has 0 saturated carbocycles. The average molecular weight is 298 g/mol. The highest BCUT2D eigenvalue weighted by atomic mass is 32.2. The molecule has 1 unspecified atom stereocenters. The van der Waals surface area contributed by atoms with Crippen molar-refractivity contribution < 1.29 is 35.1 Å². The van der Waals surface area contributed by atoms with Crippen LogP contribution in [0.1, 0.15) is 0 Å². The van der Waals surface area contributed by atoms with Crippen LogP contribution < -0.4 is 5.73 Å². The maximum absolute atomic E-state index is 12.9. The zero-order chi connectivity index (χ0) is 14.2. The number of nitrogens with zero attached hydrogens (tertiary/aromatic N) is 1. The molecule has 1 heterocycles. The van der Waals surface area contributed by atoms with E-state index >= 15 is 0 Å². The van der Waals surface area contributed by atoms with E-state index in [-0.39, 0.29) is 17.5 Å². The Bertz CT molecular complexity index is 396. The Morgan fingerprint density at radius 1 is 1.28 bits per heavy atom. The Kier molecular flexibility index (Phi) is 4.20. The Hall–Kier alpha value is -0.520. The van der Waals surface area contributed by atoms with E-state index in [0.29, 0.717) is 0 Å². The molecule has 1 atom stereocenters. The quantitative estimate of drug-likeness (QED) is 0.752. The maximum atomic E-state index is 12.9. The lowest BCUT2D eigenvalue weighted by molar-refractivity contribution is -0.243. The lowest BCUT2D eigenvalue weighted by Crippen LogP contribution is -2.56.